The molecule has 0 spiro atoms. The van der Waals surface area contributed by atoms with Gasteiger partial charge in [0.2, 0.25) is 0 Å². The Morgan fingerprint density at radius 3 is 2.38 bits per heavy atom. The van der Waals surface area contributed by atoms with Gasteiger partial charge >= 0.3 is 51.4 Å². The second-order valence-corrected chi connectivity index (χ2v) is 8.57. The molecule has 0 heterocycles. The Hall–Kier alpha value is -2.26. The smallest absolute Gasteiger partial charge is 0.497 e. The maximum absolute atomic E-state index is 12.9. The molecule has 0 aliphatic carbocycles. The Balaban J connectivity index is 0.00000684. The molecule has 6 nitrogen and oxygen atoms in total. The predicted octanol–water partition coefficient (Wildman–Crippen LogP) is 4.39. The average Bonchev–Trinajstić information content (AvgIpc) is 2.83. The maximum atomic E-state index is 12.9. The molecule has 0 saturated carbocycles. The number of benzene rings is 2. The minimum absolute atomic E-state index is 0. The van der Waals surface area contributed by atoms with Gasteiger partial charge in [-0.2, -0.15) is 0 Å². The van der Waals surface area contributed by atoms with Crippen molar-refractivity contribution in [2.45, 2.75) is 33.7 Å². The van der Waals surface area contributed by atoms with E-state index >= 15 is 0 Å². The Bertz CT molecular complexity index is 1260. The predicted molar refractivity (Wildman–Crippen MR) is 149 cm³/mol. The second kappa shape index (κ2) is 15.9. The molecular weight excluding hydrogens is 513 g/mol. The number of ether oxygens (including phenoxy) is 1. The van der Waals surface area contributed by atoms with Crippen LogP contribution in [0, 0.1) is 6.92 Å². The van der Waals surface area contributed by atoms with Gasteiger partial charge in [-0.05, 0) is 67.8 Å². The van der Waals surface area contributed by atoms with Gasteiger partial charge in [-0.1, -0.05) is 67.5 Å². The molecule has 2 aromatic carbocycles. The van der Waals surface area contributed by atoms with Gasteiger partial charge in [0.15, 0.2) is 5.78 Å². The van der Waals surface area contributed by atoms with Crippen LogP contribution in [0.4, 0.5) is 5.69 Å². The van der Waals surface area contributed by atoms with Crippen molar-refractivity contribution in [1.29, 1.82) is 0 Å². The number of rotatable bonds is 10. The molecule has 0 aromatic heterocycles. The van der Waals surface area contributed by atoms with Gasteiger partial charge in [-0.25, -0.2) is 0 Å². The van der Waals surface area contributed by atoms with E-state index < -0.39 is 0 Å². The molecule has 188 valence electrons. The summed E-state index contributed by atoms with van der Waals surface area (Å²) >= 11 is 6.14. The van der Waals surface area contributed by atoms with Crippen LogP contribution < -0.4 is 56.7 Å². The van der Waals surface area contributed by atoms with E-state index in [-0.39, 0.29) is 69.1 Å². The van der Waals surface area contributed by atoms with E-state index in [1.807, 2.05) is 44.2 Å². The van der Waals surface area contributed by atoms with E-state index in [4.69, 9.17) is 21.7 Å². The fourth-order valence-corrected chi connectivity index (χ4v) is 3.59. The van der Waals surface area contributed by atoms with Gasteiger partial charge in [-0.3, -0.25) is 9.59 Å². The molecule has 1 amide bonds. The van der Waals surface area contributed by atoms with Crippen LogP contribution in [-0.4, -0.2) is 24.6 Å². The molecule has 2 aromatic rings. The summed E-state index contributed by atoms with van der Waals surface area (Å²) in [5.41, 5.74) is 3.93. The Labute approximate surface area is 267 Å². The van der Waals surface area contributed by atoms with Crippen LogP contribution in [0.3, 0.4) is 0 Å². The van der Waals surface area contributed by atoms with Crippen LogP contribution in [0.25, 0.3) is 5.32 Å². The third-order valence-corrected chi connectivity index (χ3v) is 5.63. The van der Waals surface area contributed by atoms with Gasteiger partial charge in [0.1, 0.15) is 5.76 Å². The minimum atomic E-state index is -0.366. The molecule has 0 saturated heterocycles. The summed E-state index contributed by atoms with van der Waals surface area (Å²) in [6, 6.07) is 12.6. The topological polar surface area (TPSA) is 81.9 Å². The van der Waals surface area contributed by atoms with E-state index in [1.165, 1.54) is 20.2 Å². The zero-order valence-corrected chi connectivity index (χ0v) is 26.1. The second-order valence-electron chi connectivity index (χ2n) is 8.01. The van der Waals surface area contributed by atoms with Gasteiger partial charge in [0.05, 0.1) is 12.7 Å². The monoisotopic (exact) mass is 543 g/mol. The van der Waals surface area contributed by atoms with Crippen LogP contribution in [-0.2, 0) is 9.53 Å². The van der Waals surface area contributed by atoms with E-state index in [2.05, 4.69) is 23.5 Å². The summed E-state index contributed by atoms with van der Waals surface area (Å²) in [6.07, 6.45) is 4.55. The average molecular weight is 544 g/mol. The van der Waals surface area contributed by atoms with Crippen molar-refractivity contribution in [1.82, 2.24) is 0 Å². The molecule has 0 bridgehead atoms. The van der Waals surface area contributed by atoms with Crippen LogP contribution in [0.15, 0.2) is 95.3 Å². The number of allylic oxidation sites excluding steroid dienone is 2. The molecule has 2 rings (SSSR count). The van der Waals surface area contributed by atoms with Gasteiger partial charge in [0.25, 0.3) is 5.91 Å². The summed E-state index contributed by atoms with van der Waals surface area (Å²) in [7, 11) is 1.49. The molecule has 0 fully saturated rings. The molecule has 8 heteroatoms. The number of ketones is 1. The zero-order valence-electron chi connectivity index (χ0n) is 22.3. The number of aliphatic imine (C=N–C) groups is 1. The number of amides is 1. The molecule has 0 radical (unpaired) electrons. The van der Waals surface area contributed by atoms with Crippen molar-refractivity contribution < 1.29 is 65.7 Å². The largest absolute Gasteiger partial charge is 1.00 e. The number of methoxy groups -OCH3 is 1. The Morgan fingerprint density at radius 2 is 1.78 bits per heavy atom. The summed E-state index contributed by atoms with van der Waals surface area (Å²) in [6.45, 7) is 14.4. The SMILES string of the molecule is C=CN=C([N-]C(C)c1cccc(NC(=O)C(/C=C\C(=C)OC)=C(/C)Cl)c1)c1cccc(C(C)=O)c1C.[K+]. The van der Waals surface area contributed by atoms with Crippen molar-refractivity contribution >= 4 is 34.8 Å². The first-order valence-corrected chi connectivity index (χ1v) is 11.7. The summed E-state index contributed by atoms with van der Waals surface area (Å²) < 4.78 is 5.01. The molecule has 1 atom stereocenters. The Kier molecular flexibility index (Phi) is 14.0. The van der Waals surface area contributed by atoms with Crippen molar-refractivity contribution in [2.24, 2.45) is 4.99 Å². The number of Topliss-reactive ketones (excluding diaryl/α,β-unsaturated/α-hetero) is 1. The van der Waals surface area contributed by atoms with Crippen LogP contribution in [0.5, 0.6) is 0 Å². The van der Waals surface area contributed by atoms with E-state index in [1.54, 1.807) is 31.2 Å². The number of carbonyl (C=O) groups excluding carboxylic acids is 2. The van der Waals surface area contributed by atoms with Gasteiger partial charge < -0.3 is 20.4 Å². The molecule has 0 aliphatic rings. The molecule has 0 aliphatic heterocycles. The van der Waals surface area contributed by atoms with Gasteiger partial charge in [0, 0.05) is 16.3 Å². The van der Waals surface area contributed by atoms with Crippen molar-refractivity contribution in [2.75, 3.05) is 12.4 Å². The molecular formula is C29H31ClKN3O3. The van der Waals surface area contributed by atoms with E-state index in [9.17, 15) is 9.59 Å². The summed E-state index contributed by atoms with van der Waals surface area (Å²) in [5, 5.41) is 8.00. The fourth-order valence-electron chi connectivity index (χ4n) is 3.44. The van der Waals surface area contributed by atoms with Crippen LogP contribution >= 0.6 is 11.6 Å². The van der Waals surface area contributed by atoms with Crippen molar-refractivity contribution in [3.8, 4) is 0 Å². The third kappa shape index (κ3) is 9.52. The molecule has 37 heavy (non-hydrogen) atoms. The van der Waals surface area contributed by atoms with E-state index in [0.29, 0.717) is 33.5 Å². The van der Waals surface area contributed by atoms with Gasteiger partial charge in [-0.15, -0.1) is 6.58 Å². The number of nitrogens with one attached hydrogen (secondary N) is 1. The van der Waals surface area contributed by atoms with E-state index in [0.717, 1.165) is 16.7 Å². The number of nitrogens with zero attached hydrogens (tertiary/aromatic N) is 2. The number of hydrogen-bond acceptors (Lipinski definition) is 4. The zero-order chi connectivity index (χ0) is 26.8. The minimum Gasteiger partial charge on any atom is -0.497 e. The summed E-state index contributed by atoms with van der Waals surface area (Å²) in [5.74, 6) is 0.483. The normalized spacial score (nSPS) is 12.6. The number of hydrogen-bond donors (Lipinski definition) is 1. The number of anilines is 1. The standard InChI is InChI=1S/C29H32ClN3O3.K/c1-8-31-28(26-14-10-13-25(19(26)3)22(6)34)32-21(5)23-11-9-12-24(17-23)33-29(35)27(20(4)30)16-15-18(2)36-7;/h8-17,21H,1-2H2,3-7H3,(H2,31,32,33,35);/q;+1/p-1/b16-15-,27-20-;. The summed E-state index contributed by atoms with van der Waals surface area (Å²) in [4.78, 5) is 29.2. The maximum Gasteiger partial charge on any atom is 1.00 e. The first-order chi connectivity index (χ1) is 17.1. The van der Waals surface area contributed by atoms with Crippen molar-refractivity contribution in [3.63, 3.8) is 0 Å². The number of amidine groups is 1. The number of halogens is 1. The quantitative estimate of drug-likeness (QED) is 0.0917. The van der Waals surface area contributed by atoms with Crippen LogP contribution in [0.1, 0.15) is 53.9 Å². The first-order valence-electron chi connectivity index (χ1n) is 11.3. The fraction of sp³-hybridized carbons (Fsp3) is 0.207. The molecule has 1 N–H and O–H groups in total. The third-order valence-electron chi connectivity index (χ3n) is 5.42. The number of carbonyl (C=O) groups is 2. The van der Waals surface area contributed by atoms with Crippen molar-refractivity contribution in [3.05, 3.63) is 118 Å². The van der Waals surface area contributed by atoms with Crippen LogP contribution in [0.2, 0.25) is 0 Å². The first kappa shape index (κ1) is 32.8. The molecule has 1 unspecified atom stereocenters. The Morgan fingerprint density at radius 1 is 1.14 bits per heavy atom.